The van der Waals surface area contributed by atoms with E-state index in [2.05, 4.69) is 77.1 Å². The minimum Gasteiger partial charge on any atom is -0.383 e. The molecule has 3 heterocycles. The fourth-order valence-corrected chi connectivity index (χ4v) is 6.73. The molecule has 2 fully saturated rings. The van der Waals surface area contributed by atoms with Crippen LogP contribution >= 0.6 is 23.9 Å². The summed E-state index contributed by atoms with van der Waals surface area (Å²) in [5.41, 5.74) is 15.8. The van der Waals surface area contributed by atoms with Gasteiger partial charge in [-0.2, -0.15) is 9.97 Å². The smallest absolute Gasteiger partial charge is 0.256 e. The van der Waals surface area contributed by atoms with E-state index in [0.717, 1.165) is 80.9 Å². The van der Waals surface area contributed by atoms with Gasteiger partial charge in [0.05, 0.1) is 0 Å². The fraction of sp³-hybridized carbons (Fsp3) is 0.414. The molecule has 6 N–H and O–H groups in total. The number of anilines is 7. The van der Waals surface area contributed by atoms with Gasteiger partial charge in [0.25, 0.3) is 5.91 Å². The van der Waals surface area contributed by atoms with Crippen LogP contribution in [0.2, 0.25) is 0 Å². The second-order valence-electron chi connectivity index (χ2n) is 10.0. The summed E-state index contributed by atoms with van der Waals surface area (Å²) in [6.45, 7) is 12.5. The zero-order chi connectivity index (χ0) is 29.5. The minimum absolute atomic E-state index is 0.0152. The van der Waals surface area contributed by atoms with Crippen molar-refractivity contribution >= 4 is 70.1 Å². The van der Waals surface area contributed by atoms with Crippen molar-refractivity contribution in [2.75, 3.05) is 90.0 Å². The summed E-state index contributed by atoms with van der Waals surface area (Å²) in [7, 11) is 0. The van der Waals surface area contributed by atoms with Crippen LogP contribution in [0.3, 0.4) is 0 Å². The highest BCUT2D eigenvalue weighted by atomic mass is 32.2. The molecule has 0 saturated carbocycles. The van der Waals surface area contributed by atoms with Crippen LogP contribution in [0.25, 0.3) is 0 Å². The monoisotopic (exact) mass is 608 g/mol. The number of hydrogen-bond acceptors (Lipinski definition) is 12. The molecule has 0 unspecified atom stereocenters. The Balaban J connectivity index is 1.25. The standard InChI is InChI=1S/C29H40N10OS2/c1-3-41-38-17-13-36(14-18-38)23-9-5-21(6-10-23)32-28-25(27(31)40)26(30)34-29(35-28)33-22-7-11-24(12-8-22)37-15-19-39(20-16-37)42-4-2/h5-12H,3-4,13-20H2,1-2H3,(H2,31,40)(H4,30,32,33,34,35). The molecule has 42 heavy (non-hydrogen) atoms. The summed E-state index contributed by atoms with van der Waals surface area (Å²) in [5, 5.41) is 6.44. The van der Waals surface area contributed by atoms with Gasteiger partial charge < -0.3 is 31.9 Å². The van der Waals surface area contributed by atoms with E-state index in [4.69, 9.17) is 11.5 Å². The third-order valence-electron chi connectivity index (χ3n) is 7.27. The molecule has 11 nitrogen and oxygen atoms in total. The Hall–Kier alpha value is -3.39. The summed E-state index contributed by atoms with van der Waals surface area (Å²) in [4.78, 5) is 25.9. The van der Waals surface area contributed by atoms with Crippen LogP contribution in [-0.4, -0.2) is 88.3 Å². The summed E-state index contributed by atoms with van der Waals surface area (Å²) in [6.07, 6.45) is 0. The SMILES string of the molecule is CCSN1CCN(c2ccc(Nc3nc(N)c(C(N)=O)c(Nc4ccc(N5CCN(SCC)CC5)cc4)n3)cc2)CC1. The number of nitrogen functional groups attached to an aromatic ring is 1. The third-order valence-corrected chi connectivity index (χ3v) is 9.24. The average Bonchev–Trinajstić information content (AvgIpc) is 2.99. The summed E-state index contributed by atoms with van der Waals surface area (Å²) in [5.74, 6) is 2.06. The van der Waals surface area contributed by atoms with Crippen LogP contribution in [0.1, 0.15) is 24.2 Å². The Morgan fingerprint density at radius 2 is 1.19 bits per heavy atom. The van der Waals surface area contributed by atoms with Gasteiger partial charge in [0.2, 0.25) is 5.95 Å². The van der Waals surface area contributed by atoms with Crippen molar-refractivity contribution in [3.8, 4) is 0 Å². The molecule has 0 spiro atoms. The van der Waals surface area contributed by atoms with Crippen LogP contribution in [-0.2, 0) is 0 Å². The van der Waals surface area contributed by atoms with Crippen LogP contribution in [0.4, 0.5) is 40.3 Å². The van der Waals surface area contributed by atoms with Crippen LogP contribution in [0.5, 0.6) is 0 Å². The molecule has 1 amide bonds. The number of rotatable bonds is 11. The highest BCUT2D eigenvalue weighted by Gasteiger charge is 2.20. The van der Waals surface area contributed by atoms with Crippen molar-refractivity contribution in [3.63, 3.8) is 0 Å². The number of nitrogens with two attached hydrogens (primary N) is 2. The number of nitrogens with zero attached hydrogens (tertiary/aromatic N) is 6. The molecular weight excluding hydrogens is 569 g/mol. The molecule has 13 heteroatoms. The Bertz CT molecular complexity index is 1330. The van der Waals surface area contributed by atoms with Crippen molar-refractivity contribution in [1.29, 1.82) is 0 Å². The van der Waals surface area contributed by atoms with Gasteiger partial charge in [-0.3, -0.25) is 4.79 Å². The van der Waals surface area contributed by atoms with Gasteiger partial charge in [-0.15, -0.1) is 0 Å². The van der Waals surface area contributed by atoms with E-state index >= 15 is 0 Å². The molecule has 0 aliphatic carbocycles. The summed E-state index contributed by atoms with van der Waals surface area (Å²) < 4.78 is 4.85. The van der Waals surface area contributed by atoms with Crippen LogP contribution in [0.15, 0.2) is 48.5 Å². The zero-order valence-corrected chi connectivity index (χ0v) is 25.9. The second kappa shape index (κ2) is 14.2. The third kappa shape index (κ3) is 7.51. The number of nitrogens with one attached hydrogen (secondary N) is 2. The molecule has 0 bridgehead atoms. The van der Waals surface area contributed by atoms with E-state index in [1.807, 2.05) is 48.2 Å². The number of piperazine rings is 2. The lowest BCUT2D eigenvalue weighted by Gasteiger charge is -2.35. The fourth-order valence-electron chi connectivity index (χ4n) is 5.16. The summed E-state index contributed by atoms with van der Waals surface area (Å²) in [6, 6.07) is 16.3. The van der Waals surface area contributed by atoms with Crippen molar-refractivity contribution in [2.45, 2.75) is 13.8 Å². The molecule has 1 aromatic heterocycles. The van der Waals surface area contributed by atoms with Gasteiger partial charge in [-0.1, -0.05) is 37.7 Å². The van der Waals surface area contributed by atoms with E-state index in [1.165, 1.54) is 5.69 Å². The first-order chi connectivity index (χ1) is 20.4. The first kappa shape index (κ1) is 30.1. The van der Waals surface area contributed by atoms with Crippen molar-refractivity contribution in [2.24, 2.45) is 5.73 Å². The van der Waals surface area contributed by atoms with Gasteiger partial charge in [0.15, 0.2) is 5.82 Å². The molecule has 5 rings (SSSR count). The molecule has 2 aliphatic heterocycles. The van der Waals surface area contributed by atoms with Crippen molar-refractivity contribution in [1.82, 2.24) is 18.6 Å². The molecule has 2 aromatic carbocycles. The Kier molecular flexibility index (Phi) is 10.2. The summed E-state index contributed by atoms with van der Waals surface area (Å²) >= 11 is 3.80. The number of aromatic nitrogens is 2. The number of hydrogen-bond donors (Lipinski definition) is 4. The first-order valence-electron chi connectivity index (χ1n) is 14.4. The van der Waals surface area contributed by atoms with Gasteiger partial charge in [-0.05, 0) is 48.5 Å². The van der Waals surface area contributed by atoms with E-state index in [1.54, 1.807) is 0 Å². The predicted octanol–water partition coefficient (Wildman–Crippen LogP) is 4.23. The van der Waals surface area contributed by atoms with E-state index in [0.29, 0.717) is 0 Å². The number of benzene rings is 2. The molecule has 3 aromatic rings. The number of amides is 1. The Morgan fingerprint density at radius 1 is 0.738 bits per heavy atom. The van der Waals surface area contributed by atoms with Crippen LogP contribution in [0, 0.1) is 0 Å². The molecular formula is C29H40N10OS2. The van der Waals surface area contributed by atoms with Gasteiger partial charge in [0, 0.05) is 86.6 Å². The van der Waals surface area contributed by atoms with Crippen molar-refractivity contribution < 1.29 is 4.79 Å². The average molecular weight is 609 g/mol. The minimum atomic E-state index is -0.692. The largest absolute Gasteiger partial charge is 0.383 e. The Morgan fingerprint density at radius 3 is 1.62 bits per heavy atom. The molecule has 224 valence electrons. The van der Waals surface area contributed by atoms with Gasteiger partial charge >= 0.3 is 0 Å². The molecule has 0 radical (unpaired) electrons. The number of carbonyl (C=O) groups excluding carboxylic acids is 1. The van der Waals surface area contributed by atoms with E-state index < -0.39 is 5.91 Å². The lowest BCUT2D eigenvalue weighted by Crippen LogP contribution is -2.43. The first-order valence-corrected chi connectivity index (χ1v) is 16.3. The van der Waals surface area contributed by atoms with E-state index in [-0.39, 0.29) is 23.1 Å². The highest BCUT2D eigenvalue weighted by Crippen LogP contribution is 2.28. The molecule has 0 atom stereocenters. The van der Waals surface area contributed by atoms with Gasteiger partial charge in [-0.25, -0.2) is 8.61 Å². The van der Waals surface area contributed by atoms with Gasteiger partial charge in [0.1, 0.15) is 11.4 Å². The lowest BCUT2D eigenvalue weighted by molar-refractivity contribution is 0.100. The Labute approximate surface area is 256 Å². The van der Waals surface area contributed by atoms with Crippen molar-refractivity contribution in [3.05, 3.63) is 54.1 Å². The van der Waals surface area contributed by atoms with E-state index in [9.17, 15) is 4.79 Å². The maximum absolute atomic E-state index is 12.3. The topological polar surface area (TPSA) is 132 Å². The molecule has 2 saturated heterocycles. The number of carbonyl (C=O) groups is 1. The predicted molar refractivity (Wildman–Crippen MR) is 178 cm³/mol. The maximum atomic E-state index is 12.3. The molecule has 2 aliphatic rings. The highest BCUT2D eigenvalue weighted by molar-refractivity contribution is 7.97. The lowest BCUT2D eigenvalue weighted by atomic mass is 10.2. The number of primary amides is 1. The van der Waals surface area contributed by atoms with Crippen LogP contribution < -0.4 is 31.9 Å². The quantitative estimate of drug-likeness (QED) is 0.232. The second-order valence-corrected chi connectivity index (χ2v) is 12.7. The maximum Gasteiger partial charge on any atom is 0.256 e. The zero-order valence-electron chi connectivity index (χ0n) is 24.3. The normalized spacial score (nSPS) is 16.4.